The lowest BCUT2D eigenvalue weighted by molar-refractivity contribution is 0.103. The van der Waals surface area contributed by atoms with E-state index in [9.17, 15) is 9.59 Å². The van der Waals surface area contributed by atoms with Gasteiger partial charge < -0.3 is 0 Å². The second kappa shape index (κ2) is 7.29. The molecule has 1 heterocycles. The fourth-order valence-electron chi connectivity index (χ4n) is 3.12. The van der Waals surface area contributed by atoms with E-state index in [0.29, 0.717) is 38.9 Å². The highest BCUT2D eigenvalue weighted by molar-refractivity contribution is 9.08. The molecule has 0 aliphatic rings. The Balaban J connectivity index is 1.99. The van der Waals surface area contributed by atoms with E-state index < -0.39 is 0 Å². The third kappa shape index (κ3) is 3.11. The molecule has 0 saturated carbocycles. The predicted octanol–water partition coefficient (Wildman–Crippen LogP) is 4.51. The Morgan fingerprint density at radius 3 is 2.33 bits per heavy atom. The van der Waals surface area contributed by atoms with Gasteiger partial charge in [0.15, 0.2) is 5.78 Å². The van der Waals surface area contributed by atoms with E-state index in [1.165, 1.54) is 4.57 Å². The summed E-state index contributed by atoms with van der Waals surface area (Å²) in [5, 5.41) is 0.908. The first-order chi connectivity index (χ1) is 13.2. The highest BCUT2D eigenvalue weighted by atomic mass is 79.9. The van der Waals surface area contributed by atoms with Crippen molar-refractivity contribution in [1.29, 1.82) is 0 Å². The van der Waals surface area contributed by atoms with Crippen LogP contribution in [0.1, 0.15) is 21.7 Å². The minimum Gasteiger partial charge on any atom is -0.289 e. The molecule has 0 atom stereocenters. The molecule has 0 N–H and O–H groups in total. The van der Waals surface area contributed by atoms with Crippen LogP contribution in [0.4, 0.5) is 0 Å². The van der Waals surface area contributed by atoms with Crippen molar-refractivity contribution in [1.82, 2.24) is 9.55 Å². The lowest BCUT2D eigenvalue weighted by Crippen LogP contribution is -2.25. The number of hydrogen-bond acceptors (Lipinski definition) is 3. The number of para-hydroxylation sites is 2. The molecule has 4 aromatic rings. The Hall–Kier alpha value is -3.05. The molecule has 0 amide bonds. The zero-order valence-electron chi connectivity index (χ0n) is 14.3. The first-order valence-corrected chi connectivity index (χ1v) is 9.58. The summed E-state index contributed by atoms with van der Waals surface area (Å²) in [6, 6.07) is 23.4. The molecule has 0 aliphatic heterocycles. The van der Waals surface area contributed by atoms with Gasteiger partial charge >= 0.3 is 0 Å². The molecule has 0 radical (unpaired) electrons. The second-order valence-electron chi connectivity index (χ2n) is 6.03. The van der Waals surface area contributed by atoms with Gasteiger partial charge in [-0.25, -0.2) is 4.98 Å². The number of benzene rings is 3. The van der Waals surface area contributed by atoms with Gasteiger partial charge in [-0.15, -0.1) is 0 Å². The van der Waals surface area contributed by atoms with Crippen LogP contribution in [0.2, 0.25) is 0 Å². The van der Waals surface area contributed by atoms with Gasteiger partial charge in [0.1, 0.15) is 5.82 Å². The van der Waals surface area contributed by atoms with Gasteiger partial charge in [0, 0.05) is 11.1 Å². The molecule has 5 heteroatoms. The van der Waals surface area contributed by atoms with Crippen molar-refractivity contribution in [2.75, 3.05) is 0 Å². The predicted molar refractivity (Wildman–Crippen MR) is 110 cm³/mol. The normalized spacial score (nSPS) is 10.9. The number of nitrogens with zero attached hydrogens (tertiary/aromatic N) is 2. The number of hydrogen-bond donors (Lipinski definition) is 0. The smallest absolute Gasteiger partial charge is 0.266 e. The van der Waals surface area contributed by atoms with Crippen molar-refractivity contribution in [2.45, 2.75) is 5.33 Å². The largest absolute Gasteiger partial charge is 0.289 e. The highest BCUT2D eigenvalue weighted by Crippen LogP contribution is 2.21. The minimum atomic E-state index is -0.191. The molecule has 3 aromatic carbocycles. The van der Waals surface area contributed by atoms with Crippen molar-refractivity contribution in [2.24, 2.45) is 0 Å². The van der Waals surface area contributed by atoms with E-state index in [1.54, 1.807) is 36.4 Å². The Bertz CT molecular complexity index is 1200. The van der Waals surface area contributed by atoms with E-state index >= 15 is 0 Å². The van der Waals surface area contributed by atoms with Crippen LogP contribution in [0.5, 0.6) is 0 Å². The number of rotatable bonds is 4. The van der Waals surface area contributed by atoms with Crippen LogP contribution in [-0.4, -0.2) is 15.3 Å². The van der Waals surface area contributed by atoms with Crippen LogP contribution < -0.4 is 5.56 Å². The Labute approximate surface area is 164 Å². The van der Waals surface area contributed by atoms with E-state index in [2.05, 4.69) is 20.9 Å². The maximum atomic E-state index is 13.2. The zero-order chi connectivity index (χ0) is 18.8. The standard InChI is InChI=1S/C22H15BrN2O2/c23-14-20-24-18-12-6-4-10-16(18)22(27)25(20)19-13-7-5-11-17(19)21(26)15-8-2-1-3-9-15/h1-13H,14H2. The van der Waals surface area contributed by atoms with E-state index in [1.807, 2.05) is 42.5 Å². The van der Waals surface area contributed by atoms with Gasteiger partial charge in [-0.05, 0) is 24.3 Å². The first-order valence-electron chi connectivity index (χ1n) is 8.46. The molecule has 1 aromatic heterocycles. The Morgan fingerprint density at radius 1 is 0.889 bits per heavy atom. The number of halogens is 1. The molecule has 4 nitrogen and oxygen atoms in total. The van der Waals surface area contributed by atoms with Gasteiger partial charge in [0.05, 0.1) is 21.9 Å². The number of carbonyl (C=O) groups excluding carboxylic acids is 1. The third-order valence-corrected chi connectivity index (χ3v) is 4.89. The average molecular weight is 419 g/mol. The Kier molecular flexibility index (Phi) is 4.69. The summed E-state index contributed by atoms with van der Waals surface area (Å²) in [6.45, 7) is 0. The molecule has 0 fully saturated rings. The number of fused-ring (bicyclic) bond motifs is 1. The summed E-state index contributed by atoms with van der Waals surface area (Å²) in [6.07, 6.45) is 0. The molecular weight excluding hydrogens is 404 g/mol. The molecule has 0 spiro atoms. The summed E-state index contributed by atoms with van der Waals surface area (Å²) < 4.78 is 1.52. The average Bonchev–Trinajstić information content (AvgIpc) is 2.74. The van der Waals surface area contributed by atoms with Crippen LogP contribution in [0.25, 0.3) is 16.6 Å². The summed E-state index contributed by atoms with van der Waals surface area (Å²) in [5.74, 6) is 0.416. The summed E-state index contributed by atoms with van der Waals surface area (Å²) in [7, 11) is 0. The van der Waals surface area contributed by atoms with Crippen molar-refractivity contribution in [3.8, 4) is 5.69 Å². The van der Waals surface area contributed by atoms with Crippen molar-refractivity contribution in [3.05, 3.63) is 106 Å². The number of ketones is 1. The van der Waals surface area contributed by atoms with E-state index in [4.69, 9.17) is 0 Å². The first kappa shape index (κ1) is 17.4. The van der Waals surface area contributed by atoms with Crippen LogP contribution in [0, 0.1) is 0 Å². The fraction of sp³-hybridized carbons (Fsp3) is 0.0455. The Morgan fingerprint density at radius 2 is 1.56 bits per heavy atom. The van der Waals surface area contributed by atoms with Gasteiger partial charge in [-0.1, -0.05) is 70.5 Å². The van der Waals surface area contributed by atoms with Crippen LogP contribution >= 0.6 is 15.9 Å². The lowest BCUT2D eigenvalue weighted by atomic mass is 10.0. The van der Waals surface area contributed by atoms with Gasteiger partial charge in [0.25, 0.3) is 5.56 Å². The summed E-state index contributed by atoms with van der Waals surface area (Å²) in [4.78, 5) is 30.9. The molecule has 4 rings (SSSR count). The summed E-state index contributed by atoms with van der Waals surface area (Å²) in [5.41, 5.74) is 2.02. The van der Waals surface area contributed by atoms with E-state index in [0.717, 1.165) is 0 Å². The zero-order valence-corrected chi connectivity index (χ0v) is 15.9. The number of carbonyl (C=O) groups is 1. The molecule has 0 bridgehead atoms. The molecule has 27 heavy (non-hydrogen) atoms. The van der Waals surface area contributed by atoms with E-state index in [-0.39, 0.29) is 11.3 Å². The monoisotopic (exact) mass is 418 g/mol. The maximum Gasteiger partial charge on any atom is 0.266 e. The second-order valence-corrected chi connectivity index (χ2v) is 6.59. The number of aromatic nitrogens is 2. The highest BCUT2D eigenvalue weighted by Gasteiger charge is 2.18. The molecule has 0 saturated heterocycles. The van der Waals surface area contributed by atoms with Gasteiger partial charge in [0.2, 0.25) is 0 Å². The van der Waals surface area contributed by atoms with Crippen molar-refractivity contribution < 1.29 is 4.79 Å². The molecule has 0 aliphatic carbocycles. The van der Waals surface area contributed by atoms with Crippen LogP contribution in [-0.2, 0) is 5.33 Å². The van der Waals surface area contributed by atoms with Crippen molar-refractivity contribution >= 4 is 32.6 Å². The third-order valence-electron chi connectivity index (χ3n) is 4.39. The molecule has 132 valence electrons. The quantitative estimate of drug-likeness (QED) is 0.361. The summed E-state index contributed by atoms with van der Waals surface area (Å²) >= 11 is 3.42. The SMILES string of the molecule is O=C(c1ccccc1)c1ccccc1-n1c(CBr)nc2ccccc2c1=O. The van der Waals surface area contributed by atoms with Crippen LogP contribution in [0.3, 0.4) is 0 Å². The van der Waals surface area contributed by atoms with Crippen molar-refractivity contribution in [3.63, 3.8) is 0 Å². The van der Waals surface area contributed by atoms with Gasteiger partial charge in [-0.3, -0.25) is 14.2 Å². The van der Waals surface area contributed by atoms with Gasteiger partial charge in [-0.2, -0.15) is 0 Å². The molecule has 0 unspecified atom stereocenters. The maximum absolute atomic E-state index is 13.2. The minimum absolute atomic E-state index is 0.133. The number of alkyl halides is 1. The van der Waals surface area contributed by atoms with Crippen LogP contribution in [0.15, 0.2) is 83.7 Å². The fourth-order valence-corrected chi connectivity index (χ4v) is 3.50. The molecular formula is C22H15BrN2O2. The lowest BCUT2D eigenvalue weighted by Gasteiger charge is -2.15. The topological polar surface area (TPSA) is 52.0 Å².